The highest BCUT2D eigenvalue weighted by molar-refractivity contribution is 9.18. The summed E-state index contributed by atoms with van der Waals surface area (Å²) in [6.45, 7) is 4.54. The van der Waals surface area contributed by atoms with Gasteiger partial charge in [-0.1, -0.05) is 48.1 Å². The Morgan fingerprint density at radius 3 is 2.88 bits per heavy atom. The van der Waals surface area contributed by atoms with E-state index in [0.29, 0.717) is 19.5 Å². The van der Waals surface area contributed by atoms with Gasteiger partial charge in [0.05, 0.1) is 12.5 Å². The number of carbonyl (C=O) groups is 2. The largest absolute Gasteiger partial charge is 0.445 e. The van der Waals surface area contributed by atoms with E-state index in [1.807, 2.05) is 30.3 Å². The number of hydrogen-bond donors (Lipinski definition) is 1. The maximum Gasteiger partial charge on any atom is 0.408 e. The first-order chi connectivity index (χ1) is 12.6. The average molecular weight is 422 g/mol. The molecule has 0 aromatic heterocycles. The highest BCUT2D eigenvalue weighted by Gasteiger charge is 2.44. The molecule has 138 valence electrons. The van der Waals surface area contributed by atoms with Crippen molar-refractivity contribution in [3.8, 4) is 0 Å². The molecule has 3 rings (SSSR count). The summed E-state index contributed by atoms with van der Waals surface area (Å²) >= 11 is 3.37. The van der Waals surface area contributed by atoms with Gasteiger partial charge >= 0.3 is 6.09 Å². The van der Waals surface area contributed by atoms with Crippen LogP contribution < -0.4 is 5.32 Å². The van der Waals surface area contributed by atoms with Gasteiger partial charge in [-0.3, -0.25) is 4.79 Å². The smallest absolute Gasteiger partial charge is 0.408 e. The molecule has 8 heteroatoms. The van der Waals surface area contributed by atoms with Gasteiger partial charge in [-0.05, 0) is 21.5 Å². The normalized spacial score (nSPS) is 22.0. The second-order valence-electron chi connectivity index (χ2n) is 6.18. The number of hydrogen-bond acceptors (Lipinski definition) is 5. The Balaban J connectivity index is 1.69. The van der Waals surface area contributed by atoms with E-state index in [1.54, 1.807) is 4.90 Å². The summed E-state index contributed by atoms with van der Waals surface area (Å²) in [6.07, 6.45) is 1.07. The molecule has 26 heavy (non-hydrogen) atoms. The van der Waals surface area contributed by atoms with E-state index >= 15 is 0 Å². The van der Waals surface area contributed by atoms with Crippen molar-refractivity contribution >= 4 is 32.6 Å². The van der Waals surface area contributed by atoms with E-state index < -0.39 is 12.1 Å². The molecule has 1 aromatic rings. The molecule has 0 saturated carbocycles. The summed E-state index contributed by atoms with van der Waals surface area (Å²) in [5, 5.41) is 6.58. The molecular formula is C18H20BrN3O4. The minimum atomic E-state index is -0.718. The number of carbonyl (C=O) groups excluding carboxylic acids is 2. The van der Waals surface area contributed by atoms with Crippen molar-refractivity contribution in [1.29, 1.82) is 0 Å². The molecule has 2 amide bonds. The third-order valence-electron chi connectivity index (χ3n) is 4.36. The highest BCUT2D eigenvalue weighted by Crippen LogP contribution is 2.29. The zero-order valence-electron chi connectivity index (χ0n) is 14.1. The van der Waals surface area contributed by atoms with Crippen LogP contribution in [0, 0.1) is 5.92 Å². The maximum atomic E-state index is 13.0. The molecule has 1 aromatic carbocycles. The summed E-state index contributed by atoms with van der Waals surface area (Å²) in [6, 6.07) is 8.82. The predicted molar refractivity (Wildman–Crippen MR) is 99.9 cm³/mol. The number of benzene rings is 1. The molecule has 7 nitrogen and oxygen atoms in total. The molecule has 2 aliphatic rings. The summed E-state index contributed by atoms with van der Waals surface area (Å²) in [7, 11) is 0. The number of nitrogens with zero attached hydrogens (tertiary/aromatic N) is 2. The highest BCUT2D eigenvalue weighted by atomic mass is 79.9. The van der Waals surface area contributed by atoms with Crippen molar-refractivity contribution < 1.29 is 19.2 Å². The van der Waals surface area contributed by atoms with E-state index in [0.717, 1.165) is 10.2 Å². The third-order valence-corrected chi connectivity index (χ3v) is 5.10. The molecule has 0 aliphatic carbocycles. The number of likely N-dealkylation sites (tertiary alicyclic amines) is 1. The van der Waals surface area contributed by atoms with E-state index in [2.05, 4.69) is 33.0 Å². The van der Waals surface area contributed by atoms with Crippen LogP contribution in [-0.2, 0) is 20.8 Å². The molecule has 3 atom stereocenters. The summed E-state index contributed by atoms with van der Waals surface area (Å²) < 4.78 is 5.69. The lowest BCUT2D eigenvalue weighted by Gasteiger charge is -2.24. The van der Waals surface area contributed by atoms with Gasteiger partial charge in [0, 0.05) is 13.0 Å². The summed E-state index contributed by atoms with van der Waals surface area (Å²) in [5.41, 5.74) is 0.952. The number of alkyl carbamates (subject to hydrolysis) is 1. The monoisotopic (exact) mass is 421 g/mol. The molecule has 0 unspecified atom stereocenters. The van der Waals surface area contributed by atoms with Gasteiger partial charge in [-0.2, -0.15) is 0 Å². The van der Waals surface area contributed by atoms with Crippen molar-refractivity contribution in [2.24, 2.45) is 11.1 Å². The van der Waals surface area contributed by atoms with Crippen molar-refractivity contribution in [1.82, 2.24) is 10.2 Å². The fourth-order valence-corrected chi connectivity index (χ4v) is 3.59. The first kappa shape index (κ1) is 18.4. The second kappa shape index (κ2) is 8.35. The predicted octanol–water partition coefficient (Wildman–Crippen LogP) is 2.08. The Morgan fingerprint density at radius 2 is 2.19 bits per heavy atom. The summed E-state index contributed by atoms with van der Waals surface area (Å²) in [5.74, 6) is -0.119. The van der Waals surface area contributed by atoms with Gasteiger partial charge < -0.3 is 19.8 Å². The van der Waals surface area contributed by atoms with Gasteiger partial charge in [0.1, 0.15) is 17.3 Å². The van der Waals surface area contributed by atoms with Crippen molar-refractivity contribution in [2.75, 3.05) is 19.7 Å². The van der Waals surface area contributed by atoms with E-state index in [1.165, 1.54) is 6.08 Å². The van der Waals surface area contributed by atoms with E-state index in [-0.39, 0.29) is 24.5 Å². The molecule has 1 fully saturated rings. The molecule has 2 aliphatic heterocycles. The SMILES string of the molecule is C=CCOC(=O)N[C@@H](Cc1ccccc1)C(=O)N1C[C@@H]2ON=C(Br)[C@@H]2C1. The van der Waals surface area contributed by atoms with Crippen LogP contribution in [0.2, 0.25) is 0 Å². The van der Waals surface area contributed by atoms with E-state index in [4.69, 9.17) is 9.57 Å². The van der Waals surface area contributed by atoms with Gasteiger partial charge in [0.25, 0.3) is 0 Å². The molecule has 0 radical (unpaired) electrons. The van der Waals surface area contributed by atoms with Crippen molar-refractivity contribution in [3.63, 3.8) is 0 Å². The molecule has 2 heterocycles. The molecular weight excluding hydrogens is 402 g/mol. The first-order valence-corrected chi connectivity index (χ1v) is 9.14. The van der Waals surface area contributed by atoms with Crippen LogP contribution >= 0.6 is 15.9 Å². The Morgan fingerprint density at radius 1 is 1.42 bits per heavy atom. The minimum absolute atomic E-state index is 0.0454. The zero-order valence-corrected chi connectivity index (χ0v) is 15.7. The number of ether oxygens (including phenoxy) is 1. The molecule has 1 N–H and O–H groups in total. The first-order valence-electron chi connectivity index (χ1n) is 8.34. The summed E-state index contributed by atoms with van der Waals surface area (Å²) in [4.78, 5) is 32.0. The van der Waals surface area contributed by atoms with Crippen LogP contribution in [0.25, 0.3) is 0 Å². The second-order valence-corrected chi connectivity index (χ2v) is 6.99. The van der Waals surface area contributed by atoms with Crippen LogP contribution in [0.5, 0.6) is 0 Å². The number of oxime groups is 1. The fourth-order valence-electron chi connectivity index (χ4n) is 3.06. The molecule has 0 spiro atoms. The van der Waals surface area contributed by atoms with Gasteiger partial charge in [0.15, 0.2) is 6.10 Å². The Hall–Kier alpha value is -2.35. The van der Waals surface area contributed by atoms with Crippen LogP contribution in [0.4, 0.5) is 4.79 Å². The lowest BCUT2D eigenvalue weighted by Crippen LogP contribution is -2.49. The Bertz CT molecular complexity index is 710. The van der Waals surface area contributed by atoms with Crippen LogP contribution in [0.1, 0.15) is 5.56 Å². The van der Waals surface area contributed by atoms with Gasteiger partial charge in [0.2, 0.25) is 5.91 Å². The quantitative estimate of drug-likeness (QED) is 0.712. The van der Waals surface area contributed by atoms with E-state index in [9.17, 15) is 9.59 Å². The number of amides is 2. The number of nitrogens with one attached hydrogen (secondary N) is 1. The van der Waals surface area contributed by atoms with Crippen LogP contribution in [-0.4, -0.2) is 53.4 Å². The maximum absolute atomic E-state index is 13.0. The lowest BCUT2D eigenvalue weighted by atomic mass is 10.0. The van der Waals surface area contributed by atoms with Crippen molar-refractivity contribution in [3.05, 3.63) is 48.6 Å². The average Bonchev–Trinajstić information content (AvgIpc) is 3.22. The number of rotatable bonds is 6. The Labute approximate surface area is 160 Å². The van der Waals surface area contributed by atoms with Crippen molar-refractivity contribution in [2.45, 2.75) is 18.6 Å². The standard InChI is InChI=1S/C18H20BrN3O4/c1-2-8-25-18(24)20-14(9-12-6-4-3-5-7-12)17(23)22-10-13-15(11-22)26-21-16(13)19/h2-7,13-15H,1,8-11H2,(H,20,24)/t13-,14+,15+/m1/s1. The van der Waals surface area contributed by atoms with Gasteiger partial charge in [-0.25, -0.2) is 4.79 Å². The minimum Gasteiger partial charge on any atom is -0.445 e. The molecule has 0 bridgehead atoms. The topological polar surface area (TPSA) is 80.2 Å². The van der Waals surface area contributed by atoms with Crippen LogP contribution in [0.3, 0.4) is 0 Å². The zero-order chi connectivity index (χ0) is 18.5. The van der Waals surface area contributed by atoms with Gasteiger partial charge in [-0.15, -0.1) is 0 Å². The Kier molecular flexibility index (Phi) is 5.92. The number of fused-ring (bicyclic) bond motifs is 1. The fraction of sp³-hybridized carbons (Fsp3) is 0.389. The molecule has 1 saturated heterocycles. The number of halogens is 1. The lowest BCUT2D eigenvalue weighted by molar-refractivity contribution is -0.132. The third kappa shape index (κ3) is 4.24. The van der Waals surface area contributed by atoms with Crippen LogP contribution in [0.15, 0.2) is 48.1 Å².